The number of hydrogen-bond donors (Lipinski definition) is 0. The molecule has 3 rings (SSSR count). The van der Waals surface area contributed by atoms with Gasteiger partial charge in [0.2, 0.25) is 0 Å². The standard InChI is InChI=1S/C19H18ClF2N3O2S/c1-24(2)9-10-25(18(26)15-12(21)5-4-6-13(15)22)19-23-16-14(27-3)8-7-11(20)17(16)28-19/h4-8H,9-10H2,1-3H3. The van der Waals surface area contributed by atoms with Crippen molar-refractivity contribution in [3.63, 3.8) is 0 Å². The smallest absolute Gasteiger partial charge is 0.266 e. The minimum Gasteiger partial charge on any atom is -0.494 e. The highest BCUT2D eigenvalue weighted by molar-refractivity contribution is 7.23. The van der Waals surface area contributed by atoms with Crippen LogP contribution in [0.15, 0.2) is 30.3 Å². The van der Waals surface area contributed by atoms with Crippen molar-refractivity contribution in [2.24, 2.45) is 0 Å². The van der Waals surface area contributed by atoms with Gasteiger partial charge in [-0.1, -0.05) is 29.0 Å². The van der Waals surface area contributed by atoms with Gasteiger partial charge in [-0.05, 0) is 38.4 Å². The van der Waals surface area contributed by atoms with Gasteiger partial charge in [0.05, 0.1) is 16.8 Å². The Bertz CT molecular complexity index is 1010. The highest BCUT2D eigenvalue weighted by Gasteiger charge is 2.27. The maximum atomic E-state index is 14.2. The van der Waals surface area contributed by atoms with E-state index >= 15 is 0 Å². The van der Waals surface area contributed by atoms with Gasteiger partial charge in [-0.15, -0.1) is 0 Å². The molecule has 0 unspecified atom stereocenters. The summed E-state index contributed by atoms with van der Waals surface area (Å²) in [6.45, 7) is 0.669. The molecule has 1 aromatic heterocycles. The van der Waals surface area contributed by atoms with Crippen molar-refractivity contribution in [1.29, 1.82) is 0 Å². The lowest BCUT2D eigenvalue weighted by Crippen LogP contribution is -2.37. The van der Waals surface area contributed by atoms with Crippen molar-refractivity contribution in [3.05, 3.63) is 52.6 Å². The van der Waals surface area contributed by atoms with E-state index in [1.54, 1.807) is 12.1 Å². The van der Waals surface area contributed by atoms with Crippen LogP contribution >= 0.6 is 22.9 Å². The summed E-state index contributed by atoms with van der Waals surface area (Å²) in [5.74, 6) is -2.14. The van der Waals surface area contributed by atoms with E-state index in [-0.39, 0.29) is 11.7 Å². The van der Waals surface area contributed by atoms with Crippen LogP contribution in [0, 0.1) is 11.6 Å². The molecule has 148 valence electrons. The Hall–Kier alpha value is -2.29. The highest BCUT2D eigenvalue weighted by atomic mass is 35.5. The molecule has 0 aliphatic carbocycles. The Morgan fingerprint density at radius 3 is 2.46 bits per heavy atom. The van der Waals surface area contributed by atoms with Gasteiger partial charge < -0.3 is 9.64 Å². The van der Waals surface area contributed by atoms with E-state index in [9.17, 15) is 13.6 Å². The maximum absolute atomic E-state index is 14.2. The molecule has 1 heterocycles. The van der Waals surface area contributed by atoms with Crippen molar-refractivity contribution in [2.75, 3.05) is 39.2 Å². The lowest BCUT2D eigenvalue weighted by Gasteiger charge is -2.22. The number of anilines is 1. The molecule has 0 radical (unpaired) electrons. The van der Waals surface area contributed by atoms with Gasteiger partial charge in [0, 0.05) is 13.1 Å². The van der Waals surface area contributed by atoms with Crippen LogP contribution in [0.3, 0.4) is 0 Å². The molecule has 28 heavy (non-hydrogen) atoms. The molecule has 2 aromatic carbocycles. The van der Waals surface area contributed by atoms with E-state index in [0.717, 1.165) is 12.1 Å². The molecule has 5 nitrogen and oxygen atoms in total. The number of hydrogen-bond acceptors (Lipinski definition) is 5. The second kappa shape index (κ2) is 8.38. The summed E-state index contributed by atoms with van der Waals surface area (Å²) in [5, 5.41) is 0.743. The van der Waals surface area contributed by atoms with Crippen molar-refractivity contribution >= 4 is 44.2 Å². The number of carbonyl (C=O) groups is 1. The number of rotatable bonds is 6. The Labute approximate surface area is 170 Å². The summed E-state index contributed by atoms with van der Waals surface area (Å²) in [4.78, 5) is 20.7. The molecular weight excluding hydrogens is 408 g/mol. The number of ether oxygens (including phenoxy) is 1. The largest absolute Gasteiger partial charge is 0.494 e. The predicted octanol–water partition coefficient (Wildman–Crippen LogP) is 4.44. The third-order valence-electron chi connectivity index (χ3n) is 4.09. The SMILES string of the molecule is COc1ccc(Cl)c2sc(N(CCN(C)C)C(=O)c3c(F)cccc3F)nc12. The zero-order valence-electron chi connectivity index (χ0n) is 15.5. The summed E-state index contributed by atoms with van der Waals surface area (Å²) in [6, 6.07) is 6.68. The fraction of sp³-hybridized carbons (Fsp3) is 0.263. The van der Waals surface area contributed by atoms with Crippen LogP contribution in [-0.2, 0) is 0 Å². The number of likely N-dealkylation sites (N-methyl/N-ethyl adjacent to an activating group) is 1. The number of thiazole rings is 1. The second-order valence-corrected chi connectivity index (χ2v) is 7.67. The maximum Gasteiger partial charge on any atom is 0.266 e. The minimum atomic E-state index is -0.920. The van der Waals surface area contributed by atoms with E-state index in [1.807, 2.05) is 19.0 Å². The number of fused-ring (bicyclic) bond motifs is 1. The molecule has 3 aromatic rings. The lowest BCUT2D eigenvalue weighted by molar-refractivity contribution is 0.0977. The normalized spacial score (nSPS) is 11.2. The van der Waals surface area contributed by atoms with Crippen LogP contribution in [0.25, 0.3) is 10.2 Å². The molecule has 0 spiro atoms. The first-order valence-corrected chi connectivity index (χ1v) is 9.56. The molecule has 0 bridgehead atoms. The molecule has 0 N–H and O–H groups in total. The molecule has 0 atom stereocenters. The molecule has 9 heteroatoms. The number of aromatic nitrogens is 1. The summed E-state index contributed by atoms with van der Waals surface area (Å²) < 4.78 is 34.4. The lowest BCUT2D eigenvalue weighted by atomic mass is 10.1. The number of carbonyl (C=O) groups excluding carboxylic acids is 1. The van der Waals surface area contributed by atoms with Crippen molar-refractivity contribution in [1.82, 2.24) is 9.88 Å². The number of methoxy groups -OCH3 is 1. The van der Waals surface area contributed by atoms with E-state index in [0.29, 0.717) is 27.5 Å². The number of halogens is 3. The quantitative estimate of drug-likeness (QED) is 0.585. The van der Waals surface area contributed by atoms with Gasteiger partial charge in [0.25, 0.3) is 5.91 Å². The van der Waals surface area contributed by atoms with Crippen LogP contribution < -0.4 is 9.64 Å². The Morgan fingerprint density at radius 2 is 1.86 bits per heavy atom. The molecule has 1 amide bonds. The predicted molar refractivity (Wildman–Crippen MR) is 108 cm³/mol. The molecule has 0 fully saturated rings. The van der Waals surface area contributed by atoms with E-state index in [4.69, 9.17) is 16.3 Å². The molecule has 0 saturated heterocycles. The summed E-state index contributed by atoms with van der Waals surface area (Å²) >= 11 is 7.43. The van der Waals surface area contributed by atoms with Crippen LogP contribution in [0.1, 0.15) is 10.4 Å². The Morgan fingerprint density at radius 1 is 1.18 bits per heavy atom. The second-order valence-electron chi connectivity index (χ2n) is 6.28. The van der Waals surface area contributed by atoms with Crippen LogP contribution in [0.5, 0.6) is 5.75 Å². The third kappa shape index (κ3) is 3.94. The van der Waals surface area contributed by atoms with Crippen LogP contribution in [0.4, 0.5) is 13.9 Å². The van der Waals surface area contributed by atoms with Crippen molar-refractivity contribution in [3.8, 4) is 5.75 Å². The van der Waals surface area contributed by atoms with Gasteiger partial charge in [0.1, 0.15) is 28.5 Å². The summed E-state index contributed by atoms with van der Waals surface area (Å²) in [7, 11) is 5.18. The monoisotopic (exact) mass is 425 g/mol. The van der Waals surface area contributed by atoms with Gasteiger partial charge in [-0.25, -0.2) is 13.8 Å². The van der Waals surface area contributed by atoms with E-state index in [2.05, 4.69) is 4.98 Å². The molecule has 0 saturated carbocycles. The van der Waals surface area contributed by atoms with Crippen LogP contribution in [0.2, 0.25) is 5.02 Å². The summed E-state index contributed by atoms with van der Waals surface area (Å²) in [6.07, 6.45) is 0. The summed E-state index contributed by atoms with van der Waals surface area (Å²) in [5.41, 5.74) is -0.120. The van der Waals surface area contributed by atoms with Gasteiger partial charge in [-0.3, -0.25) is 9.69 Å². The average Bonchev–Trinajstić information content (AvgIpc) is 3.08. The Balaban J connectivity index is 2.11. The first kappa shape index (κ1) is 20.4. The zero-order chi connectivity index (χ0) is 20.4. The van der Waals surface area contributed by atoms with Gasteiger partial charge in [0.15, 0.2) is 5.13 Å². The molecular formula is C19H18ClF2N3O2S. The number of amides is 1. The number of benzene rings is 2. The van der Waals surface area contributed by atoms with Crippen molar-refractivity contribution < 1.29 is 18.3 Å². The van der Waals surface area contributed by atoms with E-state index < -0.39 is 23.1 Å². The third-order valence-corrected chi connectivity index (χ3v) is 5.63. The average molecular weight is 426 g/mol. The van der Waals surface area contributed by atoms with E-state index in [1.165, 1.54) is 29.4 Å². The topological polar surface area (TPSA) is 45.7 Å². The molecule has 0 aliphatic heterocycles. The minimum absolute atomic E-state index is 0.194. The molecule has 0 aliphatic rings. The fourth-order valence-electron chi connectivity index (χ4n) is 2.64. The zero-order valence-corrected chi connectivity index (χ0v) is 17.1. The highest BCUT2D eigenvalue weighted by Crippen LogP contribution is 2.39. The fourth-order valence-corrected chi connectivity index (χ4v) is 3.92. The first-order chi connectivity index (χ1) is 13.3. The first-order valence-electron chi connectivity index (χ1n) is 8.37. The van der Waals surface area contributed by atoms with Gasteiger partial charge in [-0.2, -0.15) is 0 Å². The van der Waals surface area contributed by atoms with Crippen LogP contribution in [-0.4, -0.2) is 50.1 Å². The van der Waals surface area contributed by atoms with Gasteiger partial charge >= 0.3 is 0 Å². The Kier molecular flexibility index (Phi) is 6.12. The van der Waals surface area contributed by atoms with Crippen molar-refractivity contribution in [2.45, 2.75) is 0 Å². The number of nitrogens with zero attached hydrogens (tertiary/aromatic N) is 3.